The molecule has 0 heterocycles. The van der Waals surface area contributed by atoms with Crippen LogP contribution in [0.4, 0.5) is 0 Å². The Balaban J connectivity index is 1.44. The summed E-state index contributed by atoms with van der Waals surface area (Å²) in [5, 5.41) is 30.9. The molecule has 4 heteroatoms. The third-order valence-corrected chi connectivity index (χ3v) is 10.2. The molecule has 0 radical (unpaired) electrons. The fourth-order valence-electron chi connectivity index (χ4n) is 7.70. The molecule has 0 bridgehead atoms. The van der Waals surface area contributed by atoms with E-state index in [1.165, 1.54) is 31.3 Å². The molecule has 4 nitrogen and oxygen atoms in total. The van der Waals surface area contributed by atoms with Gasteiger partial charge in [0.25, 0.3) is 0 Å². The van der Waals surface area contributed by atoms with E-state index >= 15 is 0 Å². The topological polar surface area (TPSA) is 77.8 Å². The summed E-state index contributed by atoms with van der Waals surface area (Å²) in [6.45, 7) is 10.9. The first kappa shape index (κ1) is 27.5. The summed E-state index contributed by atoms with van der Waals surface area (Å²) in [5.74, 6) is 1.53. The van der Waals surface area contributed by atoms with E-state index in [-0.39, 0.29) is 11.2 Å². The average molecular weight is 497 g/mol. The lowest BCUT2D eigenvalue weighted by atomic mass is 9.61. The van der Waals surface area contributed by atoms with Gasteiger partial charge in [-0.05, 0) is 98.2 Å². The molecule has 0 aromatic carbocycles. The molecule has 0 aliphatic heterocycles. The Morgan fingerprint density at radius 2 is 1.94 bits per heavy atom. The molecule has 0 aromatic rings. The highest BCUT2D eigenvalue weighted by molar-refractivity contribution is 5.97. The minimum atomic E-state index is -0.649. The summed E-state index contributed by atoms with van der Waals surface area (Å²) < 4.78 is 0. The summed E-state index contributed by atoms with van der Waals surface area (Å²) in [6.07, 6.45) is 17.8. The molecular formula is C32H48O4. The molecule has 4 saturated carbocycles. The largest absolute Gasteiger partial charge is 0.393 e. The third-order valence-electron chi connectivity index (χ3n) is 10.2. The second-order valence-electron chi connectivity index (χ2n) is 12.6. The maximum atomic E-state index is 13.1. The van der Waals surface area contributed by atoms with Crippen LogP contribution >= 0.6 is 0 Å². The SMILES string of the molecule is C=C1/C(=C\C=C2/CCC[C@@]3(C)C2CCC3[C@H](C)/C=C/C(=O)C2(C(O)CCCC)CC2)CC(O)CC1O. The molecule has 0 saturated heterocycles. The van der Waals surface area contributed by atoms with Crippen LogP contribution in [0, 0.1) is 28.6 Å². The number of hydrogen-bond donors (Lipinski definition) is 3. The number of carbonyl (C=O) groups is 1. The van der Waals surface area contributed by atoms with E-state index in [0.717, 1.165) is 49.7 Å². The van der Waals surface area contributed by atoms with Crippen molar-refractivity contribution in [1.29, 1.82) is 0 Å². The zero-order chi connectivity index (χ0) is 26.1. The third kappa shape index (κ3) is 5.37. The summed E-state index contributed by atoms with van der Waals surface area (Å²) in [6, 6.07) is 0. The quantitative estimate of drug-likeness (QED) is 0.331. The van der Waals surface area contributed by atoms with Crippen LogP contribution in [0.2, 0.25) is 0 Å². The van der Waals surface area contributed by atoms with Crippen LogP contribution in [-0.4, -0.2) is 39.4 Å². The van der Waals surface area contributed by atoms with Gasteiger partial charge >= 0.3 is 0 Å². The molecule has 4 rings (SSSR count). The van der Waals surface area contributed by atoms with Crippen molar-refractivity contribution in [3.05, 3.63) is 47.6 Å². The van der Waals surface area contributed by atoms with E-state index in [2.05, 4.69) is 45.6 Å². The van der Waals surface area contributed by atoms with Crippen LogP contribution in [-0.2, 0) is 4.79 Å². The second kappa shape index (κ2) is 11.1. The number of rotatable bonds is 9. The van der Waals surface area contributed by atoms with Crippen molar-refractivity contribution in [2.45, 2.75) is 116 Å². The summed E-state index contributed by atoms with van der Waals surface area (Å²) in [5.41, 5.74) is 2.92. The highest BCUT2D eigenvalue weighted by Gasteiger charge is 2.54. The minimum absolute atomic E-state index is 0.130. The number of fused-ring (bicyclic) bond motifs is 1. The maximum absolute atomic E-state index is 13.1. The molecule has 0 amide bonds. The fraction of sp³-hybridized carbons (Fsp3) is 0.719. The minimum Gasteiger partial charge on any atom is -0.393 e. The van der Waals surface area contributed by atoms with Crippen LogP contribution in [0.1, 0.15) is 97.8 Å². The molecule has 0 aromatic heterocycles. The van der Waals surface area contributed by atoms with Crippen LogP contribution < -0.4 is 0 Å². The zero-order valence-corrected chi connectivity index (χ0v) is 22.7. The number of carbonyl (C=O) groups excluding carboxylic acids is 1. The lowest BCUT2D eigenvalue weighted by molar-refractivity contribution is -0.123. The van der Waals surface area contributed by atoms with Gasteiger partial charge in [-0.1, -0.05) is 64.0 Å². The van der Waals surface area contributed by atoms with Gasteiger partial charge in [0.15, 0.2) is 5.78 Å². The Morgan fingerprint density at radius 3 is 2.64 bits per heavy atom. The van der Waals surface area contributed by atoms with Gasteiger partial charge in [0.05, 0.1) is 23.7 Å². The average Bonchev–Trinajstić information content (AvgIpc) is 3.58. The molecule has 200 valence electrons. The summed E-state index contributed by atoms with van der Waals surface area (Å²) in [4.78, 5) is 13.1. The van der Waals surface area contributed by atoms with Gasteiger partial charge in [0, 0.05) is 6.42 Å². The Kier molecular flexibility index (Phi) is 8.49. The van der Waals surface area contributed by atoms with Gasteiger partial charge in [-0.3, -0.25) is 4.79 Å². The molecule has 5 unspecified atom stereocenters. The monoisotopic (exact) mass is 496 g/mol. The van der Waals surface area contributed by atoms with Crippen LogP contribution in [0.3, 0.4) is 0 Å². The van der Waals surface area contributed by atoms with Crippen LogP contribution in [0.5, 0.6) is 0 Å². The molecule has 4 fully saturated rings. The first-order valence-electron chi connectivity index (χ1n) is 14.5. The van der Waals surface area contributed by atoms with Crippen molar-refractivity contribution in [3.63, 3.8) is 0 Å². The number of aliphatic hydroxyl groups excluding tert-OH is 3. The zero-order valence-electron chi connectivity index (χ0n) is 22.7. The Labute approximate surface area is 218 Å². The summed E-state index contributed by atoms with van der Waals surface area (Å²) >= 11 is 0. The normalized spacial score (nSPS) is 37.9. The highest BCUT2D eigenvalue weighted by atomic mass is 16.3. The Hall–Kier alpha value is -1.49. The molecule has 7 atom stereocenters. The number of allylic oxidation sites excluding steroid dienone is 5. The van der Waals surface area contributed by atoms with Crippen LogP contribution in [0.25, 0.3) is 0 Å². The smallest absolute Gasteiger partial charge is 0.164 e. The van der Waals surface area contributed by atoms with E-state index in [4.69, 9.17) is 0 Å². The lowest BCUT2D eigenvalue weighted by Crippen LogP contribution is -2.35. The van der Waals surface area contributed by atoms with Gasteiger partial charge < -0.3 is 15.3 Å². The van der Waals surface area contributed by atoms with Gasteiger partial charge in [-0.2, -0.15) is 0 Å². The van der Waals surface area contributed by atoms with E-state index in [0.29, 0.717) is 30.6 Å². The van der Waals surface area contributed by atoms with Crippen molar-refractivity contribution in [2.75, 3.05) is 0 Å². The number of hydrogen-bond acceptors (Lipinski definition) is 4. The molecule has 3 N–H and O–H groups in total. The van der Waals surface area contributed by atoms with Gasteiger partial charge in [-0.15, -0.1) is 0 Å². The first-order chi connectivity index (χ1) is 17.1. The van der Waals surface area contributed by atoms with Gasteiger partial charge in [0.1, 0.15) is 0 Å². The summed E-state index contributed by atoms with van der Waals surface area (Å²) in [7, 11) is 0. The Bertz CT molecular complexity index is 922. The van der Waals surface area contributed by atoms with Gasteiger partial charge in [0.2, 0.25) is 0 Å². The standard InChI is InChI=1S/C32H48O4/c1-5-6-9-29(35)32(17-18-32)30(36)15-10-21(2)26-13-14-27-23(8-7-16-31(26,27)4)11-12-24-19-25(33)20-28(34)22(24)3/h10-12,15,21,25-29,33-35H,3,5-9,13-14,16-20H2,1-2,4H3/b15-10+,23-11+,24-12-/t21-,25?,26?,27?,28?,29?,31-/m1/s1. The van der Waals surface area contributed by atoms with Crippen molar-refractivity contribution in [1.82, 2.24) is 0 Å². The van der Waals surface area contributed by atoms with E-state index in [1.807, 2.05) is 0 Å². The van der Waals surface area contributed by atoms with Crippen molar-refractivity contribution < 1.29 is 20.1 Å². The van der Waals surface area contributed by atoms with Crippen molar-refractivity contribution in [2.24, 2.45) is 28.6 Å². The van der Waals surface area contributed by atoms with Crippen molar-refractivity contribution in [3.8, 4) is 0 Å². The van der Waals surface area contributed by atoms with E-state index in [1.54, 1.807) is 6.08 Å². The molecule has 0 spiro atoms. The lowest BCUT2D eigenvalue weighted by Gasteiger charge is -2.44. The number of unbranched alkanes of at least 4 members (excludes halogenated alkanes) is 1. The molecule has 4 aliphatic carbocycles. The van der Waals surface area contributed by atoms with Crippen LogP contribution in [0.15, 0.2) is 47.6 Å². The maximum Gasteiger partial charge on any atom is 0.164 e. The predicted molar refractivity (Wildman–Crippen MR) is 145 cm³/mol. The number of ketones is 1. The molecule has 4 aliphatic rings. The van der Waals surface area contributed by atoms with E-state index < -0.39 is 23.7 Å². The second-order valence-corrected chi connectivity index (χ2v) is 12.6. The fourth-order valence-corrected chi connectivity index (χ4v) is 7.70. The number of aliphatic hydroxyl groups is 3. The Morgan fingerprint density at radius 1 is 1.19 bits per heavy atom. The molecular weight excluding hydrogens is 448 g/mol. The van der Waals surface area contributed by atoms with Gasteiger partial charge in [-0.25, -0.2) is 0 Å². The molecule has 36 heavy (non-hydrogen) atoms. The predicted octanol–water partition coefficient (Wildman–Crippen LogP) is 6.22. The highest BCUT2D eigenvalue weighted by Crippen LogP contribution is 2.59. The van der Waals surface area contributed by atoms with E-state index in [9.17, 15) is 20.1 Å². The first-order valence-corrected chi connectivity index (χ1v) is 14.5. The van der Waals surface area contributed by atoms with Crippen molar-refractivity contribution >= 4 is 5.78 Å².